The van der Waals surface area contributed by atoms with Crippen molar-refractivity contribution in [2.24, 2.45) is 11.7 Å². The van der Waals surface area contributed by atoms with Crippen molar-refractivity contribution >= 4 is 33.2 Å². The van der Waals surface area contributed by atoms with E-state index in [1.165, 1.54) is 0 Å². The Morgan fingerprint density at radius 2 is 2.24 bits per heavy atom. The van der Waals surface area contributed by atoms with E-state index in [9.17, 15) is 4.79 Å². The Morgan fingerprint density at radius 3 is 2.71 bits per heavy atom. The van der Waals surface area contributed by atoms with Crippen molar-refractivity contribution in [2.45, 2.75) is 32.9 Å². The molecule has 1 rings (SSSR count). The number of amides is 1. The molecule has 0 aromatic carbocycles. The van der Waals surface area contributed by atoms with Gasteiger partial charge in [0.05, 0.1) is 12.6 Å². The fourth-order valence-electron chi connectivity index (χ4n) is 1.64. The summed E-state index contributed by atoms with van der Waals surface area (Å²) in [5, 5.41) is 2.02. The highest BCUT2D eigenvalue weighted by Gasteiger charge is 2.19. The molecule has 3 nitrogen and oxygen atoms in total. The lowest BCUT2D eigenvalue weighted by Gasteiger charge is -2.21. The standard InChI is InChI=1S/C12H19BrN2OS/c1-8(2)4-11(14)12(16)15(3)6-10-5-9(13)7-17-10/h5,7-8,11H,4,6,14H2,1-3H3/t11-/m1/s1. The van der Waals surface area contributed by atoms with Crippen molar-refractivity contribution < 1.29 is 4.79 Å². The van der Waals surface area contributed by atoms with Crippen molar-refractivity contribution in [1.29, 1.82) is 0 Å². The summed E-state index contributed by atoms with van der Waals surface area (Å²) < 4.78 is 1.06. The van der Waals surface area contributed by atoms with Crippen LogP contribution in [0.5, 0.6) is 0 Å². The first-order valence-electron chi connectivity index (χ1n) is 5.63. The van der Waals surface area contributed by atoms with Gasteiger partial charge < -0.3 is 10.6 Å². The summed E-state index contributed by atoms with van der Waals surface area (Å²) in [6.07, 6.45) is 0.733. The zero-order valence-electron chi connectivity index (χ0n) is 10.4. The van der Waals surface area contributed by atoms with Gasteiger partial charge in [-0.2, -0.15) is 0 Å². The smallest absolute Gasteiger partial charge is 0.239 e. The largest absolute Gasteiger partial charge is 0.339 e. The van der Waals surface area contributed by atoms with Crippen LogP contribution >= 0.6 is 27.3 Å². The normalized spacial score (nSPS) is 12.8. The average Bonchev–Trinajstić information content (AvgIpc) is 2.61. The molecule has 0 saturated carbocycles. The lowest BCUT2D eigenvalue weighted by atomic mass is 10.0. The lowest BCUT2D eigenvalue weighted by molar-refractivity contribution is -0.132. The molecule has 0 spiro atoms. The van der Waals surface area contributed by atoms with E-state index in [0.717, 1.165) is 15.8 Å². The van der Waals surface area contributed by atoms with Gasteiger partial charge in [0, 0.05) is 21.8 Å². The van der Waals surface area contributed by atoms with Crippen LogP contribution in [-0.4, -0.2) is 23.9 Å². The summed E-state index contributed by atoms with van der Waals surface area (Å²) >= 11 is 5.04. The molecule has 5 heteroatoms. The molecule has 17 heavy (non-hydrogen) atoms. The van der Waals surface area contributed by atoms with Crippen LogP contribution in [0.25, 0.3) is 0 Å². The minimum atomic E-state index is -0.386. The highest BCUT2D eigenvalue weighted by Crippen LogP contribution is 2.21. The molecule has 0 unspecified atom stereocenters. The van der Waals surface area contributed by atoms with Gasteiger partial charge in [0.1, 0.15) is 0 Å². The van der Waals surface area contributed by atoms with Gasteiger partial charge in [-0.1, -0.05) is 13.8 Å². The van der Waals surface area contributed by atoms with Crippen LogP contribution in [0.1, 0.15) is 25.1 Å². The Kier molecular flexibility index (Phi) is 5.62. The molecule has 0 bridgehead atoms. The van der Waals surface area contributed by atoms with Crippen LogP contribution in [0.15, 0.2) is 15.9 Å². The number of nitrogens with two attached hydrogens (primary N) is 1. The summed E-state index contributed by atoms with van der Waals surface area (Å²) in [5.41, 5.74) is 5.88. The van der Waals surface area contributed by atoms with Gasteiger partial charge >= 0.3 is 0 Å². The number of nitrogens with zero attached hydrogens (tertiary/aromatic N) is 1. The van der Waals surface area contributed by atoms with Gasteiger partial charge in [0.2, 0.25) is 5.91 Å². The van der Waals surface area contributed by atoms with Gasteiger partial charge in [0.15, 0.2) is 0 Å². The number of halogens is 1. The number of carbonyl (C=O) groups excluding carboxylic acids is 1. The minimum absolute atomic E-state index is 0.0169. The first kappa shape index (κ1) is 14.7. The number of carbonyl (C=O) groups is 1. The first-order valence-corrected chi connectivity index (χ1v) is 7.31. The van der Waals surface area contributed by atoms with Crippen LogP contribution in [0, 0.1) is 5.92 Å². The first-order chi connectivity index (χ1) is 7.90. The van der Waals surface area contributed by atoms with E-state index in [1.807, 2.05) is 11.4 Å². The van der Waals surface area contributed by atoms with Crippen LogP contribution in [0.3, 0.4) is 0 Å². The molecular weight excluding hydrogens is 300 g/mol. The number of hydrogen-bond acceptors (Lipinski definition) is 3. The van der Waals surface area contributed by atoms with Crippen molar-refractivity contribution in [3.63, 3.8) is 0 Å². The number of thiophene rings is 1. The van der Waals surface area contributed by atoms with Crippen molar-refractivity contribution in [1.82, 2.24) is 4.90 Å². The Labute approximate surface area is 115 Å². The van der Waals surface area contributed by atoms with Crippen LogP contribution in [0.2, 0.25) is 0 Å². The lowest BCUT2D eigenvalue weighted by Crippen LogP contribution is -2.42. The predicted molar refractivity (Wildman–Crippen MR) is 75.9 cm³/mol. The van der Waals surface area contributed by atoms with Crippen LogP contribution in [-0.2, 0) is 11.3 Å². The van der Waals surface area contributed by atoms with E-state index in [-0.39, 0.29) is 11.9 Å². The van der Waals surface area contributed by atoms with E-state index >= 15 is 0 Å². The zero-order chi connectivity index (χ0) is 13.0. The summed E-state index contributed by atoms with van der Waals surface area (Å²) in [7, 11) is 1.80. The molecule has 1 amide bonds. The Bertz CT molecular complexity index is 378. The Morgan fingerprint density at radius 1 is 1.59 bits per heavy atom. The monoisotopic (exact) mass is 318 g/mol. The van der Waals surface area contributed by atoms with Gasteiger partial charge in [0.25, 0.3) is 0 Å². The Hall–Kier alpha value is -0.390. The van der Waals surface area contributed by atoms with E-state index in [2.05, 4.69) is 29.8 Å². The minimum Gasteiger partial charge on any atom is -0.339 e. The summed E-state index contributed by atoms with van der Waals surface area (Å²) in [6.45, 7) is 4.77. The molecule has 2 N–H and O–H groups in total. The molecule has 96 valence electrons. The van der Waals surface area contributed by atoms with Gasteiger partial charge in [-0.25, -0.2) is 0 Å². The Balaban J connectivity index is 2.52. The third-order valence-corrected chi connectivity index (χ3v) is 4.12. The van der Waals surface area contributed by atoms with Gasteiger partial charge in [-0.15, -0.1) is 11.3 Å². The SMILES string of the molecule is CC(C)C[C@@H](N)C(=O)N(C)Cc1cc(Br)cs1. The van der Waals surface area contributed by atoms with Gasteiger partial charge in [-0.3, -0.25) is 4.79 Å². The topological polar surface area (TPSA) is 46.3 Å². The molecule has 1 atom stereocenters. The third-order valence-electron chi connectivity index (χ3n) is 2.43. The molecule has 0 aliphatic rings. The van der Waals surface area contributed by atoms with E-state index in [4.69, 9.17) is 5.73 Å². The second-order valence-electron chi connectivity index (χ2n) is 4.66. The molecule has 1 aromatic heterocycles. The maximum Gasteiger partial charge on any atom is 0.239 e. The van der Waals surface area contributed by atoms with Crippen molar-refractivity contribution in [3.05, 3.63) is 20.8 Å². The summed E-state index contributed by atoms with van der Waals surface area (Å²) in [4.78, 5) is 14.8. The molecule has 0 aliphatic heterocycles. The molecule has 0 radical (unpaired) electrons. The summed E-state index contributed by atoms with van der Waals surface area (Å²) in [5.74, 6) is 0.460. The second-order valence-corrected chi connectivity index (χ2v) is 6.57. The van der Waals surface area contributed by atoms with Crippen LogP contribution in [0.4, 0.5) is 0 Å². The molecular formula is C12H19BrN2OS. The van der Waals surface area contributed by atoms with E-state index in [1.54, 1.807) is 23.3 Å². The second kappa shape index (κ2) is 6.52. The van der Waals surface area contributed by atoms with Gasteiger partial charge in [-0.05, 0) is 34.3 Å². The molecule has 0 fully saturated rings. The van der Waals surface area contributed by atoms with Crippen molar-refractivity contribution in [2.75, 3.05) is 7.05 Å². The zero-order valence-corrected chi connectivity index (χ0v) is 12.8. The molecule has 1 aromatic rings. The fraction of sp³-hybridized carbons (Fsp3) is 0.583. The third kappa shape index (κ3) is 4.77. The van der Waals surface area contributed by atoms with Crippen LogP contribution < -0.4 is 5.73 Å². The number of hydrogen-bond donors (Lipinski definition) is 1. The molecule has 1 heterocycles. The van der Waals surface area contributed by atoms with Crippen molar-refractivity contribution in [3.8, 4) is 0 Å². The predicted octanol–water partition coefficient (Wildman–Crippen LogP) is 2.84. The molecule has 0 saturated heterocycles. The number of rotatable bonds is 5. The highest BCUT2D eigenvalue weighted by atomic mass is 79.9. The maximum absolute atomic E-state index is 12.0. The quantitative estimate of drug-likeness (QED) is 0.907. The van der Waals surface area contributed by atoms with E-state index < -0.39 is 0 Å². The number of likely N-dealkylation sites (N-methyl/N-ethyl adjacent to an activating group) is 1. The average molecular weight is 319 g/mol. The molecule has 0 aliphatic carbocycles. The van der Waals surface area contributed by atoms with E-state index in [0.29, 0.717) is 12.5 Å². The highest BCUT2D eigenvalue weighted by molar-refractivity contribution is 9.10. The maximum atomic E-state index is 12.0. The fourth-order valence-corrected chi connectivity index (χ4v) is 3.14. The summed E-state index contributed by atoms with van der Waals surface area (Å²) in [6, 6.07) is 1.64.